The summed E-state index contributed by atoms with van der Waals surface area (Å²) in [5, 5.41) is 2.65. The lowest BCUT2D eigenvalue weighted by molar-refractivity contribution is -0.137. The summed E-state index contributed by atoms with van der Waals surface area (Å²) in [5.74, 6) is -0.695. The number of carbonyl (C=O) groups excluding carboxylic acids is 2. The Morgan fingerprint density at radius 2 is 2.22 bits per heavy atom. The van der Waals surface area contributed by atoms with Gasteiger partial charge >= 0.3 is 6.18 Å². The molecule has 0 aliphatic carbocycles. The Kier molecular flexibility index (Phi) is 5.06. The molecule has 144 valence electrons. The lowest BCUT2D eigenvalue weighted by Crippen LogP contribution is -2.55. The molecule has 1 aliphatic rings. The second-order valence-electron chi connectivity index (χ2n) is 5.91. The van der Waals surface area contributed by atoms with Gasteiger partial charge in [-0.2, -0.15) is 13.2 Å². The third-order valence-corrected chi connectivity index (χ3v) is 4.05. The number of hydrogen-bond acceptors (Lipinski definition) is 5. The molecule has 1 N–H and O–H groups in total. The van der Waals surface area contributed by atoms with Crippen molar-refractivity contribution in [3.63, 3.8) is 0 Å². The maximum atomic E-state index is 12.7. The van der Waals surface area contributed by atoms with E-state index in [2.05, 4.69) is 10.3 Å². The molecule has 3 rings (SSSR count). The molecule has 0 radical (unpaired) electrons. The second kappa shape index (κ2) is 7.29. The standard InChI is InChI=1S/C17H16F3N3O4/c1-10-15(24)21-5-6-23(10)16(25)13-8-27-14(22-13)9-26-12-4-2-3-11(7-12)17(18,19)20/h2-4,7-8,10H,5-6,9H2,1H3,(H,21,24)/t10-/m0/s1. The normalized spacial score (nSPS) is 17.6. The van der Waals surface area contributed by atoms with Gasteiger partial charge in [-0.25, -0.2) is 4.98 Å². The number of alkyl halides is 3. The van der Waals surface area contributed by atoms with Crippen LogP contribution in [0, 0.1) is 0 Å². The van der Waals surface area contributed by atoms with Gasteiger partial charge in [-0.05, 0) is 25.1 Å². The highest BCUT2D eigenvalue weighted by atomic mass is 19.4. The van der Waals surface area contributed by atoms with Crippen LogP contribution in [0.1, 0.15) is 28.9 Å². The van der Waals surface area contributed by atoms with Crippen molar-refractivity contribution in [3.05, 3.63) is 47.7 Å². The predicted molar refractivity (Wildman–Crippen MR) is 85.8 cm³/mol. The lowest BCUT2D eigenvalue weighted by atomic mass is 10.2. The first-order chi connectivity index (χ1) is 12.8. The fraction of sp³-hybridized carbons (Fsp3) is 0.353. The van der Waals surface area contributed by atoms with E-state index in [4.69, 9.17) is 9.15 Å². The Morgan fingerprint density at radius 1 is 1.44 bits per heavy atom. The van der Waals surface area contributed by atoms with E-state index < -0.39 is 23.7 Å². The maximum Gasteiger partial charge on any atom is 0.416 e. The van der Waals surface area contributed by atoms with Gasteiger partial charge in [0.05, 0.1) is 5.56 Å². The third kappa shape index (κ3) is 4.21. The zero-order valence-electron chi connectivity index (χ0n) is 14.2. The molecule has 1 aliphatic heterocycles. The summed E-state index contributed by atoms with van der Waals surface area (Å²) in [6.45, 7) is 2.04. The van der Waals surface area contributed by atoms with E-state index in [1.807, 2.05) is 0 Å². The van der Waals surface area contributed by atoms with Crippen molar-refractivity contribution in [1.29, 1.82) is 0 Å². The number of hydrogen-bond donors (Lipinski definition) is 1. The van der Waals surface area contributed by atoms with Gasteiger partial charge < -0.3 is 19.4 Å². The van der Waals surface area contributed by atoms with E-state index in [9.17, 15) is 22.8 Å². The van der Waals surface area contributed by atoms with Crippen LogP contribution in [0.5, 0.6) is 5.75 Å². The topological polar surface area (TPSA) is 84.7 Å². The van der Waals surface area contributed by atoms with Gasteiger partial charge in [-0.1, -0.05) is 6.07 Å². The number of halogens is 3. The summed E-state index contributed by atoms with van der Waals surface area (Å²) < 4.78 is 48.5. The number of carbonyl (C=O) groups is 2. The number of rotatable bonds is 4. The number of aromatic nitrogens is 1. The van der Waals surface area contributed by atoms with E-state index >= 15 is 0 Å². The molecule has 1 atom stereocenters. The minimum atomic E-state index is -4.47. The van der Waals surface area contributed by atoms with Gasteiger partial charge in [-0.15, -0.1) is 0 Å². The van der Waals surface area contributed by atoms with Gasteiger partial charge in [0.15, 0.2) is 12.3 Å². The summed E-state index contributed by atoms with van der Waals surface area (Å²) in [5.41, 5.74) is -0.833. The first kappa shape index (κ1) is 18.7. The van der Waals surface area contributed by atoms with Crippen molar-refractivity contribution < 1.29 is 31.9 Å². The fourth-order valence-electron chi connectivity index (χ4n) is 2.59. The van der Waals surface area contributed by atoms with E-state index in [0.717, 1.165) is 18.4 Å². The van der Waals surface area contributed by atoms with Crippen LogP contribution in [0.2, 0.25) is 0 Å². The molecule has 0 unspecified atom stereocenters. The molecular formula is C17H16F3N3O4. The van der Waals surface area contributed by atoms with Crippen molar-refractivity contribution in [1.82, 2.24) is 15.2 Å². The van der Waals surface area contributed by atoms with Crippen LogP contribution in [-0.2, 0) is 17.6 Å². The molecule has 0 spiro atoms. The highest BCUT2D eigenvalue weighted by Crippen LogP contribution is 2.31. The molecule has 1 aromatic heterocycles. The van der Waals surface area contributed by atoms with Crippen molar-refractivity contribution in [2.24, 2.45) is 0 Å². The van der Waals surface area contributed by atoms with Crippen molar-refractivity contribution in [2.45, 2.75) is 25.7 Å². The molecule has 2 amide bonds. The molecule has 1 aromatic carbocycles. The average Bonchev–Trinajstić information content (AvgIpc) is 3.10. The molecule has 0 saturated carbocycles. The molecule has 1 fully saturated rings. The van der Waals surface area contributed by atoms with Crippen molar-refractivity contribution >= 4 is 11.8 Å². The van der Waals surface area contributed by atoms with Gasteiger partial charge in [0.2, 0.25) is 11.8 Å². The minimum Gasteiger partial charge on any atom is -0.484 e. The van der Waals surface area contributed by atoms with E-state index in [-0.39, 0.29) is 29.8 Å². The smallest absolute Gasteiger partial charge is 0.416 e. The van der Waals surface area contributed by atoms with Gasteiger partial charge in [0.1, 0.15) is 18.1 Å². The Hall–Kier alpha value is -3.04. The number of amides is 2. The molecule has 27 heavy (non-hydrogen) atoms. The average molecular weight is 383 g/mol. The zero-order valence-corrected chi connectivity index (χ0v) is 14.2. The fourth-order valence-corrected chi connectivity index (χ4v) is 2.59. The second-order valence-corrected chi connectivity index (χ2v) is 5.91. The summed E-state index contributed by atoms with van der Waals surface area (Å²) >= 11 is 0. The Balaban J connectivity index is 1.65. The molecule has 2 aromatic rings. The highest BCUT2D eigenvalue weighted by Gasteiger charge is 2.32. The first-order valence-electron chi connectivity index (χ1n) is 8.09. The van der Waals surface area contributed by atoms with Crippen LogP contribution in [-0.4, -0.2) is 40.8 Å². The van der Waals surface area contributed by atoms with E-state index in [1.165, 1.54) is 17.0 Å². The number of nitrogens with zero attached hydrogens (tertiary/aromatic N) is 2. The predicted octanol–water partition coefficient (Wildman–Crippen LogP) is 2.23. The van der Waals surface area contributed by atoms with Gasteiger partial charge in [-0.3, -0.25) is 9.59 Å². The molecule has 2 heterocycles. The Morgan fingerprint density at radius 3 is 2.96 bits per heavy atom. The Bertz CT molecular complexity index is 850. The summed E-state index contributed by atoms with van der Waals surface area (Å²) in [7, 11) is 0. The summed E-state index contributed by atoms with van der Waals surface area (Å²) in [6, 6.07) is 3.77. The van der Waals surface area contributed by atoms with Crippen LogP contribution >= 0.6 is 0 Å². The van der Waals surface area contributed by atoms with Crippen LogP contribution in [0.25, 0.3) is 0 Å². The Labute approximate surface area is 152 Å². The SMILES string of the molecule is C[C@H]1C(=O)NCCN1C(=O)c1coc(COc2cccc(C(F)(F)F)c2)n1. The van der Waals surface area contributed by atoms with Gasteiger partial charge in [0.25, 0.3) is 5.91 Å². The first-order valence-corrected chi connectivity index (χ1v) is 8.09. The van der Waals surface area contributed by atoms with Crippen LogP contribution in [0.3, 0.4) is 0 Å². The van der Waals surface area contributed by atoms with E-state index in [1.54, 1.807) is 6.92 Å². The van der Waals surface area contributed by atoms with Gasteiger partial charge in [0, 0.05) is 13.1 Å². The minimum absolute atomic E-state index is 0.000748. The summed E-state index contributed by atoms with van der Waals surface area (Å²) in [4.78, 5) is 29.5. The number of nitrogens with one attached hydrogen (secondary N) is 1. The molecular weight excluding hydrogens is 367 g/mol. The van der Waals surface area contributed by atoms with E-state index in [0.29, 0.717) is 13.1 Å². The molecule has 10 heteroatoms. The number of piperazine rings is 1. The lowest BCUT2D eigenvalue weighted by Gasteiger charge is -2.32. The molecule has 1 saturated heterocycles. The zero-order chi connectivity index (χ0) is 19.6. The van der Waals surface area contributed by atoms with Crippen molar-refractivity contribution in [3.8, 4) is 5.75 Å². The van der Waals surface area contributed by atoms with Crippen molar-refractivity contribution in [2.75, 3.05) is 13.1 Å². The molecule has 7 nitrogen and oxygen atoms in total. The molecule has 0 bridgehead atoms. The van der Waals surface area contributed by atoms with Crippen LogP contribution < -0.4 is 10.1 Å². The number of ether oxygens (including phenoxy) is 1. The quantitative estimate of drug-likeness (QED) is 0.875. The monoisotopic (exact) mass is 383 g/mol. The number of benzene rings is 1. The summed E-state index contributed by atoms with van der Waals surface area (Å²) in [6.07, 6.45) is -3.34. The largest absolute Gasteiger partial charge is 0.484 e. The third-order valence-electron chi connectivity index (χ3n) is 4.05. The number of oxazole rings is 1. The maximum absolute atomic E-state index is 12.7. The van der Waals surface area contributed by atoms with Crippen LogP contribution in [0.4, 0.5) is 13.2 Å². The van der Waals surface area contributed by atoms with Crippen LogP contribution in [0.15, 0.2) is 34.9 Å². The highest BCUT2D eigenvalue weighted by molar-refractivity contribution is 5.96.